The molecule has 0 aliphatic heterocycles. The van der Waals surface area contributed by atoms with Gasteiger partial charge in [-0.2, -0.15) is 16.9 Å². The zero-order valence-corrected chi connectivity index (χ0v) is 16.6. The number of hydrogen-bond acceptors (Lipinski definition) is 4. The van der Waals surface area contributed by atoms with Gasteiger partial charge in [-0.1, -0.05) is 36.4 Å². The van der Waals surface area contributed by atoms with Crippen LogP contribution in [0, 0.1) is 0 Å². The molecule has 5 nitrogen and oxygen atoms in total. The van der Waals surface area contributed by atoms with E-state index in [0.29, 0.717) is 17.9 Å². The van der Waals surface area contributed by atoms with Gasteiger partial charge in [0, 0.05) is 17.9 Å². The first-order valence-electron chi connectivity index (χ1n) is 9.04. The molecule has 0 aliphatic carbocycles. The number of amides is 1. The van der Waals surface area contributed by atoms with Gasteiger partial charge in [0.15, 0.2) is 0 Å². The summed E-state index contributed by atoms with van der Waals surface area (Å²) in [5, 5.41) is 13.7. The van der Waals surface area contributed by atoms with Gasteiger partial charge in [-0.25, -0.2) is 0 Å². The van der Waals surface area contributed by atoms with E-state index in [1.165, 1.54) is 5.39 Å². The van der Waals surface area contributed by atoms with Crippen molar-refractivity contribution < 1.29 is 9.53 Å². The molecule has 0 saturated heterocycles. The van der Waals surface area contributed by atoms with Crippen molar-refractivity contribution in [3.8, 4) is 17.0 Å². The zero-order chi connectivity index (χ0) is 19.5. The number of fused-ring (bicyclic) bond motifs is 2. The second-order valence-electron chi connectivity index (χ2n) is 6.45. The first-order chi connectivity index (χ1) is 13.7. The quantitative estimate of drug-likeness (QED) is 0.476. The highest BCUT2D eigenvalue weighted by molar-refractivity contribution is 7.98. The van der Waals surface area contributed by atoms with Gasteiger partial charge in [-0.05, 0) is 35.2 Å². The number of aromatic nitrogens is 2. The van der Waals surface area contributed by atoms with E-state index in [2.05, 4.69) is 39.8 Å². The number of aromatic amines is 1. The van der Waals surface area contributed by atoms with E-state index in [1.54, 1.807) is 24.9 Å². The monoisotopic (exact) mass is 391 g/mol. The lowest BCUT2D eigenvalue weighted by Gasteiger charge is -2.11. The van der Waals surface area contributed by atoms with E-state index in [9.17, 15) is 4.79 Å². The molecule has 2 N–H and O–H groups in total. The lowest BCUT2D eigenvalue weighted by molar-refractivity contribution is 0.0953. The number of thioether (sulfide) groups is 1. The number of nitrogens with one attached hydrogen (secondary N) is 2. The highest BCUT2D eigenvalue weighted by Crippen LogP contribution is 2.37. The number of methoxy groups -OCH3 is 1. The van der Waals surface area contributed by atoms with Crippen LogP contribution in [-0.2, 0) is 0 Å². The summed E-state index contributed by atoms with van der Waals surface area (Å²) in [4.78, 5) is 12.7. The Morgan fingerprint density at radius 2 is 1.96 bits per heavy atom. The average molecular weight is 391 g/mol. The van der Waals surface area contributed by atoms with Gasteiger partial charge in [0.25, 0.3) is 5.91 Å². The van der Waals surface area contributed by atoms with Gasteiger partial charge in [0.2, 0.25) is 0 Å². The largest absolute Gasteiger partial charge is 0.495 e. The highest BCUT2D eigenvalue weighted by Gasteiger charge is 2.20. The molecule has 0 spiro atoms. The van der Waals surface area contributed by atoms with Crippen LogP contribution in [0.1, 0.15) is 10.4 Å². The standard InChI is InChI=1S/C22H21N3O2S/c1-27-21-17(22(26)23-11-12-28-2)9-10-18-19(21)20(25-24-18)16-8-7-14-5-3-4-6-15(14)13-16/h3-10,13H,11-12H2,1-2H3,(H,23,26)(H,24,25). The van der Waals surface area contributed by atoms with E-state index in [1.807, 2.05) is 30.5 Å². The molecule has 3 aromatic carbocycles. The van der Waals surface area contributed by atoms with Crippen molar-refractivity contribution in [2.24, 2.45) is 0 Å². The Kier molecular flexibility index (Phi) is 5.21. The van der Waals surface area contributed by atoms with Gasteiger partial charge in [0.05, 0.1) is 23.6 Å². The predicted octanol–water partition coefficient (Wildman–Crippen LogP) is 4.48. The first kappa shape index (κ1) is 18.4. The van der Waals surface area contributed by atoms with Crippen LogP contribution in [0.2, 0.25) is 0 Å². The number of rotatable bonds is 6. The molecule has 0 atom stereocenters. The third-order valence-corrected chi connectivity index (χ3v) is 5.36. The number of hydrogen-bond donors (Lipinski definition) is 2. The molecule has 0 bridgehead atoms. The minimum atomic E-state index is -0.140. The molecule has 0 radical (unpaired) electrons. The summed E-state index contributed by atoms with van der Waals surface area (Å²) in [5.41, 5.74) is 3.10. The third kappa shape index (κ3) is 3.31. The van der Waals surface area contributed by atoms with Crippen LogP contribution < -0.4 is 10.1 Å². The Balaban J connectivity index is 1.83. The molecule has 28 heavy (non-hydrogen) atoms. The minimum Gasteiger partial charge on any atom is -0.495 e. The van der Waals surface area contributed by atoms with Gasteiger partial charge < -0.3 is 10.1 Å². The molecule has 0 unspecified atom stereocenters. The van der Waals surface area contributed by atoms with E-state index >= 15 is 0 Å². The second kappa shape index (κ2) is 7.94. The molecule has 142 valence electrons. The topological polar surface area (TPSA) is 67.0 Å². The fourth-order valence-corrected chi connectivity index (χ4v) is 3.69. The molecule has 4 rings (SSSR count). The van der Waals surface area contributed by atoms with Gasteiger partial charge >= 0.3 is 0 Å². The summed E-state index contributed by atoms with van der Waals surface area (Å²) in [5.74, 6) is 1.26. The molecule has 4 aromatic rings. The summed E-state index contributed by atoms with van der Waals surface area (Å²) >= 11 is 1.69. The molecular formula is C22H21N3O2S. The number of nitrogens with zero attached hydrogens (tertiary/aromatic N) is 1. The van der Waals surface area contributed by atoms with E-state index in [-0.39, 0.29) is 5.91 Å². The summed E-state index contributed by atoms with van der Waals surface area (Å²) in [6, 6.07) is 18.1. The van der Waals surface area contributed by atoms with Crippen molar-refractivity contribution in [1.82, 2.24) is 15.5 Å². The smallest absolute Gasteiger partial charge is 0.255 e. The molecule has 0 fully saturated rings. The Labute approximate surface area is 167 Å². The maximum Gasteiger partial charge on any atom is 0.255 e. The van der Waals surface area contributed by atoms with E-state index < -0.39 is 0 Å². The third-order valence-electron chi connectivity index (χ3n) is 4.75. The Bertz CT molecular complexity index is 1150. The minimum absolute atomic E-state index is 0.140. The fourth-order valence-electron chi connectivity index (χ4n) is 3.38. The Morgan fingerprint density at radius 1 is 1.14 bits per heavy atom. The van der Waals surface area contributed by atoms with Gasteiger partial charge in [0.1, 0.15) is 11.4 Å². The Morgan fingerprint density at radius 3 is 2.75 bits per heavy atom. The van der Waals surface area contributed by atoms with Crippen LogP contribution in [-0.4, -0.2) is 41.8 Å². The summed E-state index contributed by atoms with van der Waals surface area (Å²) < 4.78 is 5.67. The fraction of sp³-hybridized carbons (Fsp3) is 0.182. The number of carbonyl (C=O) groups is 1. The van der Waals surface area contributed by atoms with Gasteiger partial charge in [-0.3, -0.25) is 9.89 Å². The number of H-pyrrole nitrogens is 1. The van der Waals surface area contributed by atoms with Crippen molar-refractivity contribution in [2.45, 2.75) is 0 Å². The lowest BCUT2D eigenvalue weighted by Crippen LogP contribution is -2.26. The van der Waals surface area contributed by atoms with Crippen LogP contribution in [0.15, 0.2) is 54.6 Å². The van der Waals surface area contributed by atoms with Crippen molar-refractivity contribution in [3.05, 3.63) is 60.2 Å². The average Bonchev–Trinajstić information content (AvgIpc) is 3.17. The van der Waals surface area contributed by atoms with Crippen LogP contribution >= 0.6 is 11.8 Å². The first-order valence-corrected chi connectivity index (χ1v) is 10.4. The van der Waals surface area contributed by atoms with E-state index in [0.717, 1.165) is 33.3 Å². The van der Waals surface area contributed by atoms with Crippen LogP contribution in [0.4, 0.5) is 0 Å². The maximum absolute atomic E-state index is 12.7. The van der Waals surface area contributed by atoms with Gasteiger partial charge in [-0.15, -0.1) is 0 Å². The molecule has 6 heteroatoms. The van der Waals surface area contributed by atoms with Crippen molar-refractivity contribution in [3.63, 3.8) is 0 Å². The lowest BCUT2D eigenvalue weighted by atomic mass is 10.0. The van der Waals surface area contributed by atoms with Crippen molar-refractivity contribution in [1.29, 1.82) is 0 Å². The number of ether oxygens (including phenoxy) is 1. The van der Waals surface area contributed by atoms with Crippen LogP contribution in [0.5, 0.6) is 5.75 Å². The SMILES string of the molecule is COc1c(C(=O)NCCSC)ccc2[nH]nc(-c3ccc4ccccc4c3)c12. The second-order valence-corrected chi connectivity index (χ2v) is 7.44. The molecule has 1 aromatic heterocycles. The number of benzene rings is 3. The number of carbonyl (C=O) groups excluding carboxylic acids is 1. The summed E-state index contributed by atoms with van der Waals surface area (Å²) in [6.45, 7) is 0.615. The van der Waals surface area contributed by atoms with Crippen LogP contribution in [0.3, 0.4) is 0 Å². The maximum atomic E-state index is 12.7. The molecule has 1 amide bonds. The molecular weight excluding hydrogens is 370 g/mol. The van der Waals surface area contributed by atoms with Crippen LogP contribution in [0.25, 0.3) is 32.9 Å². The van der Waals surface area contributed by atoms with Crippen molar-refractivity contribution in [2.75, 3.05) is 25.7 Å². The molecule has 1 heterocycles. The zero-order valence-electron chi connectivity index (χ0n) is 15.8. The summed E-state index contributed by atoms with van der Waals surface area (Å²) in [6.07, 6.45) is 2.01. The summed E-state index contributed by atoms with van der Waals surface area (Å²) in [7, 11) is 1.59. The predicted molar refractivity (Wildman–Crippen MR) is 116 cm³/mol. The Hall–Kier alpha value is -2.99. The van der Waals surface area contributed by atoms with E-state index in [4.69, 9.17) is 4.74 Å². The van der Waals surface area contributed by atoms with Crippen molar-refractivity contribution >= 4 is 39.3 Å². The molecule has 0 saturated carbocycles. The normalized spacial score (nSPS) is 11.1. The molecule has 0 aliphatic rings. The highest BCUT2D eigenvalue weighted by atomic mass is 32.2.